The van der Waals surface area contributed by atoms with Gasteiger partial charge in [0.25, 0.3) is 5.91 Å². The average Bonchev–Trinajstić information content (AvgIpc) is 2.49. The summed E-state index contributed by atoms with van der Waals surface area (Å²) in [5.74, 6) is 0.546. The number of carbonyl (C=O) groups excluding carboxylic acids is 1. The maximum atomic E-state index is 12.6. The van der Waals surface area contributed by atoms with Crippen LogP contribution in [0.1, 0.15) is 23.7 Å². The van der Waals surface area contributed by atoms with Crippen LogP contribution in [-0.2, 0) is 4.79 Å². The van der Waals surface area contributed by atoms with Crippen molar-refractivity contribution in [1.82, 2.24) is 9.88 Å². The smallest absolute Gasteiger partial charge is 0.305 e. The average molecular weight is 345 g/mol. The first-order chi connectivity index (χ1) is 10.5. The van der Waals surface area contributed by atoms with Gasteiger partial charge in [-0.2, -0.15) is 11.8 Å². The van der Waals surface area contributed by atoms with E-state index in [0.29, 0.717) is 24.5 Å². The molecule has 1 fully saturated rings. The second-order valence-electron chi connectivity index (χ2n) is 4.77. The number of nitrogens with zero attached hydrogens (tertiary/aromatic N) is 2. The number of rotatable bonds is 5. The van der Waals surface area contributed by atoms with Gasteiger partial charge in [0.15, 0.2) is 0 Å². The molecule has 0 spiro atoms. The summed E-state index contributed by atoms with van der Waals surface area (Å²) in [5.41, 5.74) is 0.343. The van der Waals surface area contributed by atoms with E-state index in [1.54, 1.807) is 16.7 Å². The summed E-state index contributed by atoms with van der Waals surface area (Å²) in [6.45, 7) is 2.77. The lowest BCUT2D eigenvalue weighted by atomic mass is 10.1. The number of aliphatic carboxylic acids is 1. The molecular weight excluding hydrogens is 328 g/mol. The van der Waals surface area contributed by atoms with Crippen LogP contribution in [0.5, 0.6) is 5.88 Å². The van der Waals surface area contributed by atoms with Gasteiger partial charge in [0.1, 0.15) is 5.02 Å². The van der Waals surface area contributed by atoms with Crippen molar-refractivity contribution in [3.63, 3.8) is 0 Å². The van der Waals surface area contributed by atoms with Gasteiger partial charge in [0, 0.05) is 24.2 Å². The summed E-state index contributed by atoms with van der Waals surface area (Å²) in [4.78, 5) is 29.2. The fraction of sp³-hybridized carbons (Fsp3) is 0.500. The SMILES string of the molecule is CCOc1ncc(C(=O)N2CCSCC2CC(=O)O)cc1Cl. The van der Waals surface area contributed by atoms with Crippen molar-refractivity contribution in [2.45, 2.75) is 19.4 Å². The Bertz CT molecular complexity index is 570. The molecule has 1 aliphatic rings. The molecule has 1 amide bonds. The predicted molar refractivity (Wildman–Crippen MR) is 84.8 cm³/mol. The summed E-state index contributed by atoms with van der Waals surface area (Å²) in [7, 11) is 0. The Morgan fingerprint density at radius 1 is 1.59 bits per heavy atom. The summed E-state index contributed by atoms with van der Waals surface area (Å²) < 4.78 is 5.24. The van der Waals surface area contributed by atoms with Crippen LogP contribution < -0.4 is 4.74 Å². The van der Waals surface area contributed by atoms with Gasteiger partial charge in [-0.25, -0.2) is 4.98 Å². The minimum absolute atomic E-state index is 0.0586. The molecule has 0 radical (unpaired) electrons. The third-order valence-corrected chi connectivity index (χ3v) is 4.60. The van der Waals surface area contributed by atoms with Crippen LogP contribution in [0.25, 0.3) is 0 Å². The van der Waals surface area contributed by atoms with Crippen LogP contribution in [0, 0.1) is 0 Å². The van der Waals surface area contributed by atoms with E-state index in [2.05, 4.69) is 4.98 Å². The first-order valence-electron chi connectivity index (χ1n) is 6.91. The molecule has 1 aliphatic heterocycles. The molecule has 1 saturated heterocycles. The molecule has 2 rings (SSSR count). The maximum absolute atomic E-state index is 12.6. The van der Waals surface area contributed by atoms with Crippen molar-refractivity contribution in [2.75, 3.05) is 24.7 Å². The molecule has 2 heterocycles. The number of halogens is 1. The standard InChI is InChI=1S/C14H17ClN2O4S/c1-2-21-13-11(15)5-9(7-16-13)14(20)17-3-4-22-8-10(17)6-12(18)19/h5,7,10H,2-4,6,8H2,1H3,(H,18,19). The highest BCUT2D eigenvalue weighted by molar-refractivity contribution is 7.99. The zero-order chi connectivity index (χ0) is 16.1. The number of hydrogen-bond acceptors (Lipinski definition) is 5. The van der Waals surface area contributed by atoms with E-state index in [1.165, 1.54) is 12.3 Å². The molecule has 120 valence electrons. The monoisotopic (exact) mass is 344 g/mol. The van der Waals surface area contributed by atoms with Crippen LogP contribution in [0.15, 0.2) is 12.3 Å². The Kier molecular flexibility index (Phi) is 5.90. The van der Waals surface area contributed by atoms with E-state index in [1.807, 2.05) is 6.92 Å². The van der Waals surface area contributed by atoms with Crippen molar-refractivity contribution in [3.05, 3.63) is 22.8 Å². The minimum atomic E-state index is -0.909. The number of carboxylic acid groups (broad SMARTS) is 1. The summed E-state index contributed by atoms with van der Waals surface area (Å²) in [5, 5.41) is 9.25. The number of ether oxygens (including phenoxy) is 1. The molecule has 1 N–H and O–H groups in total. The molecule has 0 bridgehead atoms. The lowest BCUT2D eigenvalue weighted by Crippen LogP contribution is -2.47. The van der Waals surface area contributed by atoms with Crippen molar-refractivity contribution >= 4 is 35.2 Å². The fourth-order valence-corrected chi connectivity index (χ4v) is 3.53. The van der Waals surface area contributed by atoms with Crippen LogP contribution >= 0.6 is 23.4 Å². The van der Waals surface area contributed by atoms with Crippen LogP contribution in [0.2, 0.25) is 5.02 Å². The normalized spacial score (nSPS) is 18.1. The quantitative estimate of drug-likeness (QED) is 0.881. The number of amides is 1. The Morgan fingerprint density at radius 3 is 3.00 bits per heavy atom. The second-order valence-corrected chi connectivity index (χ2v) is 6.33. The Balaban J connectivity index is 2.18. The van der Waals surface area contributed by atoms with E-state index in [4.69, 9.17) is 21.4 Å². The molecule has 22 heavy (non-hydrogen) atoms. The van der Waals surface area contributed by atoms with E-state index < -0.39 is 5.97 Å². The van der Waals surface area contributed by atoms with Gasteiger partial charge in [-0.3, -0.25) is 9.59 Å². The van der Waals surface area contributed by atoms with Gasteiger partial charge in [-0.05, 0) is 13.0 Å². The molecule has 1 atom stereocenters. The summed E-state index contributed by atoms with van der Waals surface area (Å²) >= 11 is 7.71. The topological polar surface area (TPSA) is 79.7 Å². The Labute approximate surface area is 137 Å². The van der Waals surface area contributed by atoms with Gasteiger partial charge in [-0.1, -0.05) is 11.6 Å². The zero-order valence-corrected chi connectivity index (χ0v) is 13.7. The van der Waals surface area contributed by atoms with Crippen molar-refractivity contribution in [1.29, 1.82) is 0 Å². The van der Waals surface area contributed by atoms with Crippen molar-refractivity contribution in [3.8, 4) is 5.88 Å². The second kappa shape index (κ2) is 7.69. The largest absolute Gasteiger partial charge is 0.481 e. The number of carbonyl (C=O) groups is 2. The number of hydrogen-bond donors (Lipinski definition) is 1. The Morgan fingerprint density at radius 2 is 2.36 bits per heavy atom. The van der Waals surface area contributed by atoms with Crippen molar-refractivity contribution < 1.29 is 19.4 Å². The van der Waals surface area contributed by atoms with Gasteiger partial charge >= 0.3 is 5.97 Å². The molecule has 1 aromatic heterocycles. The first-order valence-corrected chi connectivity index (χ1v) is 8.45. The molecule has 0 aromatic carbocycles. The van der Waals surface area contributed by atoms with E-state index in [0.717, 1.165) is 5.75 Å². The van der Waals surface area contributed by atoms with Crippen molar-refractivity contribution in [2.24, 2.45) is 0 Å². The van der Waals surface area contributed by atoms with E-state index >= 15 is 0 Å². The highest BCUT2D eigenvalue weighted by Crippen LogP contribution is 2.25. The van der Waals surface area contributed by atoms with Crippen LogP contribution in [0.4, 0.5) is 0 Å². The highest BCUT2D eigenvalue weighted by atomic mass is 35.5. The Hall–Kier alpha value is -1.47. The predicted octanol–water partition coefficient (Wildman–Crippen LogP) is 2.17. The first kappa shape index (κ1) is 16.9. The zero-order valence-electron chi connectivity index (χ0n) is 12.1. The molecule has 1 aromatic rings. The molecule has 6 nitrogen and oxygen atoms in total. The summed E-state index contributed by atoms with van der Waals surface area (Å²) in [6, 6.07) is 1.20. The van der Waals surface area contributed by atoms with E-state index in [-0.39, 0.29) is 29.3 Å². The van der Waals surface area contributed by atoms with Gasteiger partial charge < -0.3 is 14.7 Å². The minimum Gasteiger partial charge on any atom is -0.481 e. The lowest BCUT2D eigenvalue weighted by Gasteiger charge is -2.34. The number of pyridine rings is 1. The highest BCUT2D eigenvalue weighted by Gasteiger charge is 2.30. The number of aromatic nitrogens is 1. The maximum Gasteiger partial charge on any atom is 0.305 e. The molecular formula is C14H17ClN2O4S. The van der Waals surface area contributed by atoms with Gasteiger partial charge in [0.2, 0.25) is 5.88 Å². The fourth-order valence-electron chi connectivity index (χ4n) is 2.24. The van der Waals surface area contributed by atoms with Gasteiger partial charge in [0.05, 0.1) is 24.6 Å². The molecule has 0 saturated carbocycles. The molecule has 8 heteroatoms. The van der Waals surface area contributed by atoms with Crippen LogP contribution in [0.3, 0.4) is 0 Å². The third kappa shape index (κ3) is 4.04. The van der Waals surface area contributed by atoms with Gasteiger partial charge in [-0.15, -0.1) is 0 Å². The third-order valence-electron chi connectivity index (χ3n) is 3.23. The molecule has 0 aliphatic carbocycles. The molecule has 1 unspecified atom stereocenters. The van der Waals surface area contributed by atoms with E-state index in [9.17, 15) is 9.59 Å². The lowest BCUT2D eigenvalue weighted by molar-refractivity contribution is -0.138. The number of carboxylic acids is 1. The summed E-state index contributed by atoms with van der Waals surface area (Å²) in [6.07, 6.45) is 1.36. The van der Waals surface area contributed by atoms with Crippen LogP contribution in [-0.4, -0.2) is 57.6 Å². The number of thioether (sulfide) groups is 1.